The number of aliphatic imine (C=N–C) groups is 1. The summed E-state index contributed by atoms with van der Waals surface area (Å²) in [5.74, 6) is 2.40. The molecule has 0 unspecified atom stereocenters. The predicted molar refractivity (Wildman–Crippen MR) is 114 cm³/mol. The van der Waals surface area contributed by atoms with Crippen LogP contribution in [0.4, 0.5) is 0 Å². The monoisotopic (exact) mass is 393 g/mol. The molecular weight excluding hydrogens is 370 g/mol. The minimum Gasteiger partial charge on any atom is -0.360 e. The second-order valence-corrected chi connectivity index (χ2v) is 7.80. The zero-order chi connectivity index (χ0) is 19.7. The van der Waals surface area contributed by atoms with Crippen molar-refractivity contribution >= 4 is 22.6 Å². The molecule has 0 spiro atoms. The van der Waals surface area contributed by atoms with E-state index in [1.54, 1.807) is 11.8 Å². The lowest BCUT2D eigenvalue weighted by Crippen LogP contribution is -2.28. The van der Waals surface area contributed by atoms with Gasteiger partial charge in [-0.2, -0.15) is 5.10 Å². The van der Waals surface area contributed by atoms with Gasteiger partial charge in [-0.25, -0.2) is 5.01 Å². The van der Waals surface area contributed by atoms with Crippen LogP contribution >= 0.6 is 11.8 Å². The molecular formula is C21H23N5OS. The molecule has 0 N–H and O–H groups in total. The molecule has 0 saturated carbocycles. The summed E-state index contributed by atoms with van der Waals surface area (Å²) in [5, 5.41) is 11.8. The molecule has 0 bridgehead atoms. The van der Waals surface area contributed by atoms with Crippen molar-refractivity contribution in [1.82, 2.24) is 14.7 Å². The summed E-state index contributed by atoms with van der Waals surface area (Å²) in [6.45, 7) is 6.74. The maximum absolute atomic E-state index is 5.25. The highest BCUT2D eigenvalue weighted by molar-refractivity contribution is 8.14. The van der Waals surface area contributed by atoms with Gasteiger partial charge in [0.25, 0.3) is 0 Å². The molecule has 3 aromatic rings. The number of hydrogen-bond acceptors (Lipinski definition) is 5. The highest BCUT2D eigenvalue weighted by Gasteiger charge is 2.22. The first-order valence-electron chi connectivity index (χ1n) is 9.18. The van der Waals surface area contributed by atoms with Crippen molar-refractivity contribution in [3.8, 4) is 5.82 Å². The summed E-state index contributed by atoms with van der Waals surface area (Å²) < 4.78 is 7.36. The predicted octanol–water partition coefficient (Wildman–Crippen LogP) is 4.33. The molecule has 0 amide bonds. The quantitative estimate of drug-likeness (QED) is 0.662. The summed E-state index contributed by atoms with van der Waals surface area (Å²) >= 11 is 1.72. The van der Waals surface area contributed by atoms with E-state index in [4.69, 9.17) is 14.6 Å². The molecule has 1 aliphatic rings. The Kier molecular flexibility index (Phi) is 5.09. The second-order valence-electron chi connectivity index (χ2n) is 6.86. The third-order valence-electron chi connectivity index (χ3n) is 4.71. The number of hydrazone groups is 1. The summed E-state index contributed by atoms with van der Waals surface area (Å²) in [6, 6.07) is 14.4. The van der Waals surface area contributed by atoms with E-state index in [0.29, 0.717) is 6.54 Å². The van der Waals surface area contributed by atoms with Gasteiger partial charge in [-0.3, -0.25) is 9.56 Å². The average Bonchev–Trinajstić information content (AvgIpc) is 3.24. The van der Waals surface area contributed by atoms with Crippen LogP contribution in [0.1, 0.15) is 28.3 Å². The Labute approximate surface area is 168 Å². The largest absolute Gasteiger partial charge is 0.360 e. The van der Waals surface area contributed by atoms with E-state index in [-0.39, 0.29) is 0 Å². The maximum atomic E-state index is 5.25. The van der Waals surface area contributed by atoms with Crippen LogP contribution in [0.25, 0.3) is 5.82 Å². The Balaban J connectivity index is 1.58. The van der Waals surface area contributed by atoms with Crippen molar-refractivity contribution in [3.63, 3.8) is 0 Å². The van der Waals surface area contributed by atoms with Gasteiger partial charge in [-0.15, -0.1) is 0 Å². The molecule has 0 radical (unpaired) electrons. The Morgan fingerprint density at radius 1 is 1.14 bits per heavy atom. The number of thioether (sulfide) groups is 1. The van der Waals surface area contributed by atoms with Crippen molar-refractivity contribution in [2.75, 3.05) is 12.8 Å². The lowest BCUT2D eigenvalue weighted by molar-refractivity contribution is 0.394. The van der Waals surface area contributed by atoms with E-state index in [2.05, 4.69) is 41.8 Å². The average molecular weight is 394 g/mol. The molecule has 7 heteroatoms. The molecule has 2 aromatic heterocycles. The van der Waals surface area contributed by atoms with E-state index >= 15 is 0 Å². The molecule has 144 valence electrons. The van der Waals surface area contributed by atoms with Crippen LogP contribution in [0.3, 0.4) is 0 Å². The fourth-order valence-corrected chi connectivity index (χ4v) is 4.23. The van der Waals surface area contributed by atoms with Gasteiger partial charge in [0.2, 0.25) is 0 Å². The molecule has 0 atom stereocenters. The minimum atomic E-state index is 0.665. The van der Waals surface area contributed by atoms with Gasteiger partial charge in [0, 0.05) is 35.8 Å². The lowest BCUT2D eigenvalue weighted by Gasteiger charge is -2.22. The fraction of sp³-hybridized carbons (Fsp3) is 0.286. The first kappa shape index (κ1) is 18.6. The number of rotatable bonds is 4. The van der Waals surface area contributed by atoms with Gasteiger partial charge >= 0.3 is 0 Å². The third kappa shape index (κ3) is 3.62. The van der Waals surface area contributed by atoms with E-state index < -0.39 is 0 Å². The number of aryl methyl sites for hydroxylation is 2. The summed E-state index contributed by atoms with van der Waals surface area (Å²) in [6.07, 6.45) is 0. The molecule has 28 heavy (non-hydrogen) atoms. The van der Waals surface area contributed by atoms with E-state index in [1.807, 2.05) is 43.2 Å². The molecule has 1 aromatic carbocycles. The highest BCUT2D eigenvalue weighted by atomic mass is 32.2. The molecule has 4 rings (SSSR count). The van der Waals surface area contributed by atoms with Crippen molar-refractivity contribution in [3.05, 3.63) is 70.7 Å². The van der Waals surface area contributed by atoms with Crippen molar-refractivity contribution < 1.29 is 4.52 Å². The van der Waals surface area contributed by atoms with Gasteiger partial charge in [0.05, 0.1) is 12.3 Å². The summed E-state index contributed by atoms with van der Waals surface area (Å²) in [5.41, 5.74) is 5.61. The summed E-state index contributed by atoms with van der Waals surface area (Å²) in [7, 11) is 1.95. The first-order valence-corrected chi connectivity index (χ1v) is 10.2. The highest BCUT2D eigenvalue weighted by Crippen LogP contribution is 2.25. The van der Waals surface area contributed by atoms with Crippen LogP contribution in [0.2, 0.25) is 0 Å². The van der Waals surface area contributed by atoms with Gasteiger partial charge in [-0.05, 0) is 32.4 Å². The lowest BCUT2D eigenvalue weighted by atomic mass is 10.1. The number of hydrogen-bond donors (Lipinski definition) is 0. The number of aromatic nitrogens is 2. The van der Waals surface area contributed by atoms with Gasteiger partial charge in [-0.1, -0.05) is 47.3 Å². The second kappa shape index (κ2) is 7.67. The maximum Gasteiger partial charge on any atom is 0.180 e. The molecule has 0 saturated heterocycles. The van der Waals surface area contributed by atoms with Crippen molar-refractivity contribution in [2.45, 2.75) is 27.3 Å². The molecule has 3 heterocycles. The smallest absolute Gasteiger partial charge is 0.180 e. The molecule has 6 nitrogen and oxygen atoms in total. The minimum absolute atomic E-state index is 0.665. The number of amidine groups is 1. The van der Waals surface area contributed by atoms with Crippen LogP contribution in [-0.4, -0.2) is 38.4 Å². The molecule has 0 aliphatic carbocycles. The van der Waals surface area contributed by atoms with Crippen LogP contribution in [0.5, 0.6) is 0 Å². The standard InChI is InChI=1S/C21H23N5OS/c1-14-10-18(16(3)26(14)20-11-15(2)27-24-20)19-13-28-21(25(4)23-19)22-12-17-8-6-5-7-9-17/h5-11H,12-13H2,1-4H3. The summed E-state index contributed by atoms with van der Waals surface area (Å²) in [4.78, 5) is 4.73. The van der Waals surface area contributed by atoms with Crippen LogP contribution in [-0.2, 0) is 6.54 Å². The van der Waals surface area contributed by atoms with Crippen LogP contribution < -0.4 is 0 Å². The first-order chi connectivity index (χ1) is 13.5. The van der Waals surface area contributed by atoms with Crippen molar-refractivity contribution in [1.29, 1.82) is 0 Å². The van der Waals surface area contributed by atoms with Gasteiger partial charge in [0.1, 0.15) is 5.76 Å². The topological polar surface area (TPSA) is 58.9 Å². The zero-order valence-electron chi connectivity index (χ0n) is 16.5. The van der Waals surface area contributed by atoms with Gasteiger partial charge in [0.15, 0.2) is 11.0 Å². The molecule has 1 aliphatic heterocycles. The van der Waals surface area contributed by atoms with Crippen LogP contribution in [0.15, 0.2) is 57.1 Å². The number of benzene rings is 1. The molecule has 0 fully saturated rings. The van der Waals surface area contributed by atoms with Gasteiger partial charge < -0.3 is 4.52 Å². The zero-order valence-corrected chi connectivity index (χ0v) is 17.3. The SMILES string of the molecule is Cc1cc(-n2c(C)cc(C3=NN(C)C(=NCc4ccccc4)SC3)c2C)no1. The van der Waals surface area contributed by atoms with E-state index in [0.717, 1.165) is 45.2 Å². The van der Waals surface area contributed by atoms with E-state index in [9.17, 15) is 0 Å². The normalized spacial score (nSPS) is 15.9. The third-order valence-corrected chi connectivity index (χ3v) is 5.78. The fourth-order valence-electron chi connectivity index (χ4n) is 3.37. The Morgan fingerprint density at radius 3 is 2.61 bits per heavy atom. The van der Waals surface area contributed by atoms with E-state index in [1.165, 1.54) is 5.56 Å². The number of nitrogens with zero attached hydrogens (tertiary/aromatic N) is 5. The Morgan fingerprint density at radius 2 is 1.93 bits per heavy atom. The Hall–Kier alpha value is -2.80. The van der Waals surface area contributed by atoms with Crippen molar-refractivity contribution in [2.24, 2.45) is 10.1 Å². The van der Waals surface area contributed by atoms with Crippen LogP contribution in [0, 0.1) is 20.8 Å². The Bertz CT molecular complexity index is 1050.